The zero-order chi connectivity index (χ0) is 23.9. The minimum Gasteiger partial charge on any atom is -0.351 e. The van der Waals surface area contributed by atoms with Crippen molar-refractivity contribution in [2.24, 2.45) is 0 Å². The van der Waals surface area contributed by atoms with Gasteiger partial charge in [-0.1, -0.05) is 35.9 Å². The fraction of sp³-hybridized carbons (Fsp3) is 0.154. The van der Waals surface area contributed by atoms with Crippen molar-refractivity contribution in [2.45, 2.75) is 19.5 Å². The van der Waals surface area contributed by atoms with Gasteiger partial charge in [-0.15, -0.1) is 0 Å². The maximum atomic E-state index is 12.8. The summed E-state index contributed by atoms with van der Waals surface area (Å²) in [5.74, 6) is -0.413. The Kier molecular flexibility index (Phi) is 7.21. The molecule has 0 bridgehead atoms. The van der Waals surface area contributed by atoms with E-state index in [-0.39, 0.29) is 11.1 Å². The van der Waals surface area contributed by atoms with Crippen LogP contribution in [0.2, 0.25) is 5.02 Å². The van der Waals surface area contributed by atoms with E-state index in [1.807, 2.05) is 28.8 Å². The number of carbonyl (C=O) groups is 1. The highest BCUT2D eigenvalue weighted by molar-refractivity contribution is 6.30. The van der Waals surface area contributed by atoms with Crippen molar-refractivity contribution < 1.29 is 4.79 Å². The molecule has 0 atom stereocenters. The molecule has 4 aromatic rings. The van der Waals surface area contributed by atoms with Gasteiger partial charge in [0.2, 0.25) is 0 Å². The first-order valence-electron chi connectivity index (χ1n) is 10.7. The number of nitrogens with one attached hydrogen (secondary N) is 1. The molecule has 0 saturated heterocycles. The van der Waals surface area contributed by atoms with Crippen LogP contribution in [0.25, 0.3) is 0 Å². The molecule has 0 aliphatic rings. The summed E-state index contributed by atoms with van der Waals surface area (Å²) >= 11 is 6.03. The number of amides is 1. The van der Waals surface area contributed by atoms with Gasteiger partial charge in [0.15, 0.2) is 0 Å². The Hall–Kier alpha value is -4.15. The summed E-state index contributed by atoms with van der Waals surface area (Å²) in [6, 6.07) is 20.0. The molecule has 2 heterocycles. The van der Waals surface area contributed by atoms with Gasteiger partial charge < -0.3 is 14.5 Å². The minimum absolute atomic E-state index is 0.0932. The Morgan fingerprint density at radius 1 is 1.03 bits per heavy atom. The van der Waals surface area contributed by atoms with Crippen LogP contribution < -0.4 is 10.9 Å². The second-order valence-electron chi connectivity index (χ2n) is 7.81. The molecule has 2 aromatic carbocycles. The third-order valence-corrected chi connectivity index (χ3v) is 5.64. The third kappa shape index (κ3) is 5.61. The quantitative estimate of drug-likeness (QED) is 0.424. The number of carbonyl (C=O) groups excluding carboxylic acids is 1. The van der Waals surface area contributed by atoms with Gasteiger partial charge in [0.05, 0.1) is 24.5 Å². The molecule has 34 heavy (non-hydrogen) atoms. The number of hydrogen-bond acceptors (Lipinski definition) is 4. The molecule has 1 amide bonds. The summed E-state index contributed by atoms with van der Waals surface area (Å²) in [5.41, 5.74) is 3.23. The molecule has 0 spiro atoms. The summed E-state index contributed by atoms with van der Waals surface area (Å²) < 4.78 is 3.49. The van der Waals surface area contributed by atoms with Gasteiger partial charge in [0.25, 0.3) is 11.5 Å². The zero-order valence-electron chi connectivity index (χ0n) is 18.3. The molecule has 0 radical (unpaired) electrons. The lowest BCUT2D eigenvalue weighted by molar-refractivity contribution is 0.0952. The van der Waals surface area contributed by atoms with Crippen molar-refractivity contribution in [3.8, 4) is 6.07 Å². The lowest BCUT2D eigenvalue weighted by Crippen LogP contribution is -2.34. The topological polar surface area (TPSA) is 92.7 Å². The van der Waals surface area contributed by atoms with Crippen molar-refractivity contribution in [1.82, 2.24) is 19.4 Å². The highest BCUT2D eigenvalue weighted by Crippen LogP contribution is 2.12. The van der Waals surface area contributed by atoms with Crippen molar-refractivity contribution in [3.63, 3.8) is 0 Å². The number of rotatable bonds is 8. The summed E-state index contributed by atoms with van der Waals surface area (Å²) in [5, 5.41) is 12.4. The third-order valence-electron chi connectivity index (χ3n) is 5.41. The Labute approximate surface area is 201 Å². The van der Waals surface area contributed by atoms with Crippen LogP contribution in [-0.2, 0) is 19.5 Å². The predicted molar refractivity (Wildman–Crippen MR) is 130 cm³/mol. The van der Waals surface area contributed by atoms with E-state index in [2.05, 4.69) is 16.4 Å². The maximum absolute atomic E-state index is 12.8. The number of nitriles is 1. The van der Waals surface area contributed by atoms with Crippen molar-refractivity contribution >= 4 is 17.5 Å². The van der Waals surface area contributed by atoms with Gasteiger partial charge in [-0.2, -0.15) is 5.26 Å². The average molecular weight is 472 g/mol. The smallest absolute Gasteiger partial charge is 0.263 e. The molecule has 7 nitrogen and oxygen atoms in total. The minimum atomic E-state index is -0.413. The van der Waals surface area contributed by atoms with E-state index in [1.54, 1.807) is 49.1 Å². The van der Waals surface area contributed by atoms with Crippen molar-refractivity contribution in [3.05, 3.63) is 123 Å². The molecule has 8 heteroatoms. The lowest BCUT2D eigenvalue weighted by atomic mass is 10.1. The van der Waals surface area contributed by atoms with Gasteiger partial charge in [-0.3, -0.25) is 9.59 Å². The van der Waals surface area contributed by atoms with Gasteiger partial charge in [0, 0.05) is 42.6 Å². The fourth-order valence-corrected chi connectivity index (χ4v) is 3.86. The predicted octanol–water partition coefficient (Wildman–Crippen LogP) is 3.64. The van der Waals surface area contributed by atoms with E-state index >= 15 is 0 Å². The second kappa shape index (κ2) is 10.6. The van der Waals surface area contributed by atoms with Crippen LogP contribution in [0.3, 0.4) is 0 Å². The normalized spacial score (nSPS) is 10.6. The van der Waals surface area contributed by atoms with E-state index in [9.17, 15) is 9.59 Å². The standard InChI is InChI=1S/C26H22ClN5O2/c27-22-4-1-3-21(13-22)17-31-12-2-5-24(26(31)34)25(33)30-11-10-23-15-29-18-32(23)16-20-8-6-19(14-28)7-9-20/h1-9,12-13,15,18H,10-11,16-17H2,(H,30,33). The Morgan fingerprint density at radius 3 is 2.59 bits per heavy atom. The van der Waals surface area contributed by atoms with Gasteiger partial charge >= 0.3 is 0 Å². The summed E-state index contributed by atoms with van der Waals surface area (Å²) in [4.78, 5) is 29.7. The molecule has 0 aliphatic carbocycles. The van der Waals surface area contributed by atoms with E-state index in [1.165, 1.54) is 10.6 Å². The highest BCUT2D eigenvalue weighted by Gasteiger charge is 2.13. The van der Waals surface area contributed by atoms with Gasteiger partial charge in [-0.05, 0) is 47.5 Å². The largest absolute Gasteiger partial charge is 0.351 e. The van der Waals surface area contributed by atoms with Crippen molar-refractivity contribution in [2.75, 3.05) is 6.54 Å². The van der Waals surface area contributed by atoms with E-state index in [0.29, 0.717) is 36.6 Å². The molecule has 4 rings (SSSR count). The lowest BCUT2D eigenvalue weighted by Gasteiger charge is -2.11. The van der Waals surface area contributed by atoms with Crippen LogP contribution >= 0.6 is 11.6 Å². The zero-order valence-corrected chi connectivity index (χ0v) is 19.1. The molecular weight excluding hydrogens is 450 g/mol. The Balaban J connectivity index is 1.37. The highest BCUT2D eigenvalue weighted by atomic mass is 35.5. The molecule has 1 N–H and O–H groups in total. The molecule has 0 saturated carbocycles. The Morgan fingerprint density at radius 2 is 1.82 bits per heavy atom. The molecule has 0 aliphatic heterocycles. The number of imidazole rings is 1. The molecule has 170 valence electrons. The number of halogens is 1. The van der Waals surface area contributed by atoms with Crippen LogP contribution in [0.4, 0.5) is 0 Å². The van der Waals surface area contributed by atoms with Crippen LogP contribution in [0.1, 0.15) is 32.7 Å². The molecular formula is C26H22ClN5O2. The maximum Gasteiger partial charge on any atom is 0.263 e. The van der Waals surface area contributed by atoms with Crippen LogP contribution in [0.15, 0.2) is 84.2 Å². The molecule has 2 aromatic heterocycles. The van der Waals surface area contributed by atoms with E-state index < -0.39 is 5.91 Å². The fourth-order valence-electron chi connectivity index (χ4n) is 3.65. The monoisotopic (exact) mass is 471 g/mol. The summed E-state index contributed by atoms with van der Waals surface area (Å²) in [6.45, 7) is 1.30. The summed E-state index contributed by atoms with van der Waals surface area (Å²) in [6.07, 6.45) is 5.71. The first kappa shape index (κ1) is 23.0. The number of aromatic nitrogens is 3. The van der Waals surface area contributed by atoms with Gasteiger partial charge in [-0.25, -0.2) is 4.98 Å². The van der Waals surface area contributed by atoms with Gasteiger partial charge in [0.1, 0.15) is 5.56 Å². The first-order chi connectivity index (χ1) is 16.5. The van der Waals surface area contributed by atoms with Crippen molar-refractivity contribution in [1.29, 1.82) is 5.26 Å². The Bertz CT molecular complexity index is 1400. The number of nitrogens with zero attached hydrogens (tertiary/aromatic N) is 4. The van der Waals surface area contributed by atoms with E-state index in [4.69, 9.17) is 16.9 Å². The first-order valence-corrected chi connectivity index (χ1v) is 11.1. The summed E-state index contributed by atoms with van der Waals surface area (Å²) in [7, 11) is 0. The van der Waals surface area contributed by atoms with Crippen LogP contribution in [-0.4, -0.2) is 26.6 Å². The van der Waals surface area contributed by atoms with Crippen LogP contribution in [0.5, 0.6) is 0 Å². The number of benzene rings is 2. The molecule has 0 unspecified atom stereocenters. The average Bonchev–Trinajstić information content (AvgIpc) is 3.27. The second-order valence-corrected chi connectivity index (χ2v) is 8.25. The number of pyridine rings is 1. The molecule has 0 fully saturated rings. The van der Waals surface area contributed by atoms with Crippen LogP contribution in [0, 0.1) is 11.3 Å². The SMILES string of the molecule is N#Cc1ccc(Cn2cncc2CCNC(=O)c2cccn(Cc3cccc(Cl)c3)c2=O)cc1. The van der Waals surface area contributed by atoms with E-state index in [0.717, 1.165) is 16.8 Å². The number of hydrogen-bond donors (Lipinski definition) is 1.